The van der Waals surface area contributed by atoms with E-state index in [1.807, 2.05) is 47.4 Å². The van der Waals surface area contributed by atoms with Crippen molar-refractivity contribution in [3.63, 3.8) is 0 Å². The molecule has 1 N–H and O–H groups in total. The van der Waals surface area contributed by atoms with Crippen molar-refractivity contribution in [3.8, 4) is 16.9 Å². The van der Waals surface area contributed by atoms with Crippen LogP contribution in [0, 0.1) is 0 Å². The molecule has 0 bridgehead atoms. The zero-order chi connectivity index (χ0) is 21.4. The number of nitrogens with zero attached hydrogens (tertiary/aromatic N) is 2. The lowest BCUT2D eigenvalue weighted by atomic mass is 10.0. The van der Waals surface area contributed by atoms with Crippen molar-refractivity contribution in [3.05, 3.63) is 72.1 Å². The average molecular weight is 425 g/mol. The van der Waals surface area contributed by atoms with Gasteiger partial charge in [0.2, 0.25) is 0 Å². The van der Waals surface area contributed by atoms with Crippen LogP contribution in [0.5, 0.6) is 5.75 Å². The second-order valence-corrected chi connectivity index (χ2v) is 14.3. The van der Waals surface area contributed by atoms with Crippen LogP contribution in [0.3, 0.4) is 0 Å². The van der Waals surface area contributed by atoms with Gasteiger partial charge in [-0.1, -0.05) is 56.0 Å². The maximum absolute atomic E-state index is 9.32. The van der Waals surface area contributed by atoms with Crippen molar-refractivity contribution in [2.24, 2.45) is 0 Å². The molecular formula is C24H32N2O3Si. The highest BCUT2D eigenvalue weighted by Crippen LogP contribution is 2.32. The minimum Gasteiger partial charge on any atom is -0.488 e. The van der Waals surface area contributed by atoms with E-state index in [9.17, 15) is 5.11 Å². The molecule has 6 heteroatoms. The van der Waals surface area contributed by atoms with Crippen molar-refractivity contribution < 1.29 is 14.6 Å². The Balaban J connectivity index is 1.72. The lowest BCUT2D eigenvalue weighted by molar-refractivity contribution is 0.0786. The quantitative estimate of drug-likeness (QED) is 0.348. The molecule has 0 aliphatic rings. The topological polar surface area (TPSA) is 56.5 Å². The van der Waals surface area contributed by atoms with Gasteiger partial charge < -0.3 is 14.6 Å². The molecule has 160 valence electrons. The van der Waals surface area contributed by atoms with Crippen LogP contribution in [-0.2, 0) is 24.5 Å². The summed E-state index contributed by atoms with van der Waals surface area (Å²) >= 11 is 0. The Labute approximate surface area is 180 Å². The van der Waals surface area contributed by atoms with Crippen LogP contribution in [-0.4, -0.2) is 36.2 Å². The Morgan fingerprint density at radius 3 is 2.57 bits per heavy atom. The second-order valence-electron chi connectivity index (χ2n) is 8.69. The normalized spacial score (nSPS) is 11.6. The van der Waals surface area contributed by atoms with Crippen molar-refractivity contribution in [1.82, 2.24) is 9.78 Å². The molecule has 1 aromatic heterocycles. The molecule has 0 fully saturated rings. The van der Waals surface area contributed by atoms with Gasteiger partial charge in [0.25, 0.3) is 0 Å². The third-order valence-electron chi connectivity index (χ3n) is 4.85. The summed E-state index contributed by atoms with van der Waals surface area (Å²) in [6.45, 7) is 8.87. The third kappa shape index (κ3) is 6.83. The number of hydrogen-bond acceptors (Lipinski definition) is 4. The number of aliphatic hydroxyl groups excluding tert-OH is 1. The number of aliphatic hydroxyl groups is 1. The highest BCUT2D eigenvalue weighted by Gasteiger charge is 2.13. The first-order valence-corrected chi connectivity index (χ1v) is 14.2. The molecule has 0 saturated carbocycles. The fourth-order valence-electron chi connectivity index (χ4n) is 3.06. The molecule has 30 heavy (non-hydrogen) atoms. The Kier molecular flexibility index (Phi) is 7.85. The van der Waals surface area contributed by atoms with Gasteiger partial charge >= 0.3 is 0 Å². The molecular weight excluding hydrogens is 392 g/mol. The number of hydrogen-bond donors (Lipinski definition) is 1. The lowest BCUT2D eigenvalue weighted by Crippen LogP contribution is -2.22. The standard InChI is InChI=1S/C24H32N2O3Si/c1-30(2,3)14-13-28-19-26-17-22(16-25-26)23-15-20(11-12-27)9-10-24(23)29-18-21-7-5-4-6-8-21/h4-10,15-17,27H,11-14,18-19H2,1-3H3. The van der Waals surface area contributed by atoms with E-state index >= 15 is 0 Å². The first-order chi connectivity index (χ1) is 14.4. The number of ether oxygens (including phenoxy) is 2. The minimum absolute atomic E-state index is 0.119. The fourth-order valence-corrected chi connectivity index (χ4v) is 3.81. The van der Waals surface area contributed by atoms with E-state index in [-0.39, 0.29) is 6.61 Å². The van der Waals surface area contributed by atoms with Gasteiger partial charge in [-0.2, -0.15) is 5.10 Å². The predicted octanol–water partition coefficient (Wildman–Crippen LogP) is 4.98. The van der Waals surface area contributed by atoms with E-state index in [0.717, 1.165) is 40.7 Å². The summed E-state index contributed by atoms with van der Waals surface area (Å²) in [5.41, 5.74) is 4.14. The SMILES string of the molecule is C[Si](C)(C)CCOCn1cc(-c2cc(CCO)ccc2OCc2ccccc2)cn1. The molecule has 3 rings (SSSR count). The summed E-state index contributed by atoms with van der Waals surface area (Å²) in [4.78, 5) is 0. The molecule has 3 aromatic rings. The Hall–Kier alpha value is -2.41. The zero-order valence-electron chi connectivity index (χ0n) is 18.2. The molecule has 0 aliphatic carbocycles. The van der Waals surface area contributed by atoms with Crippen molar-refractivity contribution in [2.75, 3.05) is 13.2 Å². The molecule has 0 spiro atoms. The van der Waals surface area contributed by atoms with E-state index < -0.39 is 8.07 Å². The summed E-state index contributed by atoms with van der Waals surface area (Å²) in [5.74, 6) is 0.805. The molecule has 2 aromatic carbocycles. The predicted molar refractivity (Wildman–Crippen MR) is 123 cm³/mol. The zero-order valence-corrected chi connectivity index (χ0v) is 19.2. The van der Waals surface area contributed by atoms with E-state index in [1.54, 1.807) is 0 Å². The Morgan fingerprint density at radius 1 is 1.03 bits per heavy atom. The molecule has 0 atom stereocenters. The number of aromatic nitrogens is 2. The average Bonchev–Trinajstić information content (AvgIpc) is 3.19. The second kappa shape index (κ2) is 10.6. The maximum Gasteiger partial charge on any atom is 0.139 e. The summed E-state index contributed by atoms with van der Waals surface area (Å²) < 4.78 is 13.8. The van der Waals surface area contributed by atoms with Gasteiger partial charge in [-0.25, -0.2) is 4.68 Å². The molecule has 0 saturated heterocycles. The van der Waals surface area contributed by atoms with Crippen LogP contribution in [0.4, 0.5) is 0 Å². The number of rotatable bonds is 11. The summed E-state index contributed by atoms with van der Waals surface area (Å²) in [5, 5.41) is 13.8. The smallest absolute Gasteiger partial charge is 0.139 e. The molecule has 0 unspecified atom stereocenters. The highest BCUT2D eigenvalue weighted by molar-refractivity contribution is 6.76. The van der Waals surface area contributed by atoms with Gasteiger partial charge in [-0.3, -0.25) is 0 Å². The molecule has 0 amide bonds. The van der Waals surface area contributed by atoms with E-state index in [0.29, 0.717) is 19.8 Å². The van der Waals surface area contributed by atoms with Gasteiger partial charge in [0, 0.05) is 38.6 Å². The molecule has 0 aliphatic heterocycles. The van der Waals surface area contributed by atoms with Gasteiger partial charge in [-0.15, -0.1) is 0 Å². The first-order valence-electron chi connectivity index (χ1n) is 10.5. The summed E-state index contributed by atoms with van der Waals surface area (Å²) in [6.07, 6.45) is 4.44. The van der Waals surface area contributed by atoms with Crippen molar-refractivity contribution >= 4 is 8.07 Å². The van der Waals surface area contributed by atoms with Crippen LogP contribution in [0.2, 0.25) is 25.7 Å². The Bertz CT molecular complexity index is 920. The van der Waals surface area contributed by atoms with Gasteiger partial charge in [0.15, 0.2) is 0 Å². The van der Waals surface area contributed by atoms with Gasteiger partial charge in [0.1, 0.15) is 19.1 Å². The molecule has 1 heterocycles. The first kappa shape index (κ1) is 22.3. The summed E-state index contributed by atoms with van der Waals surface area (Å²) in [6, 6.07) is 17.3. The van der Waals surface area contributed by atoms with Gasteiger partial charge in [0.05, 0.1) is 6.20 Å². The lowest BCUT2D eigenvalue weighted by Gasteiger charge is -2.15. The van der Waals surface area contributed by atoms with Gasteiger partial charge in [-0.05, 0) is 35.7 Å². The van der Waals surface area contributed by atoms with Crippen molar-refractivity contribution in [2.45, 2.75) is 45.4 Å². The fraction of sp³-hybridized carbons (Fsp3) is 0.375. The van der Waals surface area contributed by atoms with E-state index in [1.165, 1.54) is 0 Å². The van der Waals surface area contributed by atoms with E-state index in [4.69, 9.17) is 9.47 Å². The van der Waals surface area contributed by atoms with Crippen LogP contribution in [0.1, 0.15) is 11.1 Å². The molecule has 0 radical (unpaired) electrons. The number of benzene rings is 2. The van der Waals surface area contributed by atoms with Crippen molar-refractivity contribution in [1.29, 1.82) is 0 Å². The third-order valence-corrected chi connectivity index (χ3v) is 6.55. The minimum atomic E-state index is -1.09. The van der Waals surface area contributed by atoms with Crippen LogP contribution in [0.25, 0.3) is 11.1 Å². The molecule has 5 nitrogen and oxygen atoms in total. The maximum atomic E-state index is 9.32. The van der Waals surface area contributed by atoms with Crippen LogP contribution in [0.15, 0.2) is 60.9 Å². The van der Waals surface area contributed by atoms with E-state index in [2.05, 4.69) is 42.9 Å². The van der Waals surface area contributed by atoms with Crippen LogP contribution < -0.4 is 4.74 Å². The largest absolute Gasteiger partial charge is 0.488 e. The highest BCUT2D eigenvalue weighted by atomic mass is 28.3. The summed E-state index contributed by atoms with van der Waals surface area (Å²) in [7, 11) is -1.09. The van der Waals surface area contributed by atoms with Crippen LogP contribution >= 0.6 is 0 Å². The monoisotopic (exact) mass is 424 g/mol. The Morgan fingerprint density at radius 2 is 1.83 bits per heavy atom.